The van der Waals surface area contributed by atoms with E-state index in [1.807, 2.05) is 36.2 Å². The number of anilines is 1. The van der Waals surface area contributed by atoms with Crippen LogP contribution in [0.3, 0.4) is 0 Å². The molecule has 0 atom stereocenters. The summed E-state index contributed by atoms with van der Waals surface area (Å²) in [4.78, 5) is 21.0. The Morgan fingerprint density at radius 1 is 1.31 bits per heavy atom. The molecular weight excluding hydrogens is 328 g/mol. The van der Waals surface area contributed by atoms with Gasteiger partial charge >= 0.3 is 6.03 Å². The number of aromatic nitrogens is 1. The number of amides is 2. The van der Waals surface area contributed by atoms with Gasteiger partial charge in [0.25, 0.3) is 0 Å². The third-order valence-electron chi connectivity index (χ3n) is 5.82. The van der Waals surface area contributed by atoms with E-state index >= 15 is 0 Å². The lowest BCUT2D eigenvalue weighted by molar-refractivity contribution is -0.0361. The lowest BCUT2D eigenvalue weighted by Crippen LogP contribution is -2.51. The highest BCUT2D eigenvalue weighted by atomic mass is 16.5. The fourth-order valence-electron chi connectivity index (χ4n) is 3.83. The molecule has 1 aromatic heterocycles. The molecule has 0 aliphatic carbocycles. The molecule has 0 radical (unpaired) electrons. The fraction of sp³-hybridized carbons (Fsp3) is 0.700. The molecule has 1 N–H and O–H groups in total. The zero-order chi connectivity index (χ0) is 18.8. The number of carbonyl (C=O) groups is 1. The summed E-state index contributed by atoms with van der Waals surface area (Å²) in [6, 6.07) is 4.14. The van der Waals surface area contributed by atoms with Crippen LogP contribution in [-0.4, -0.2) is 61.9 Å². The predicted molar refractivity (Wildman–Crippen MR) is 104 cm³/mol. The molecule has 0 aromatic carbocycles. The summed E-state index contributed by atoms with van der Waals surface area (Å²) in [6.45, 7) is 7.30. The molecule has 2 fully saturated rings. The highest BCUT2D eigenvalue weighted by Gasteiger charge is 2.39. The first-order chi connectivity index (χ1) is 12.3. The molecule has 26 heavy (non-hydrogen) atoms. The van der Waals surface area contributed by atoms with E-state index in [0.29, 0.717) is 6.54 Å². The zero-order valence-electron chi connectivity index (χ0n) is 16.5. The molecule has 3 heterocycles. The minimum atomic E-state index is -0.168. The Balaban J connectivity index is 1.51. The van der Waals surface area contributed by atoms with Gasteiger partial charge in [0.05, 0.1) is 5.60 Å². The average molecular weight is 361 g/mol. The number of rotatable bonds is 4. The minimum absolute atomic E-state index is 0.0313. The summed E-state index contributed by atoms with van der Waals surface area (Å²) in [7, 11) is 3.96. The fourth-order valence-corrected chi connectivity index (χ4v) is 3.83. The van der Waals surface area contributed by atoms with E-state index < -0.39 is 0 Å². The van der Waals surface area contributed by atoms with E-state index in [-0.39, 0.29) is 17.0 Å². The largest absolute Gasteiger partial charge is 0.375 e. The molecule has 6 nitrogen and oxygen atoms in total. The van der Waals surface area contributed by atoms with Crippen LogP contribution in [0.1, 0.15) is 45.1 Å². The van der Waals surface area contributed by atoms with Crippen molar-refractivity contribution in [2.24, 2.45) is 0 Å². The zero-order valence-corrected chi connectivity index (χ0v) is 16.5. The van der Waals surface area contributed by atoms with Crippen LogP contribution in [0, 0.1) is 0 Å². The molecule has 2 aliphatic rings. The van der Waals surface area contributed by atoms with Crippen LogP contribution in [0.15, 0.2) is 18.3 Å². The maximum absolute atomic E-state index is 12.6. The molecule has 144 valence electrons. The monoisotopic (exact) mass is 360 g/mol. The highest BCUT2D eigenvalue weighted by Crippen LogP contribution is 2.35. The minimum Gasteiger partial charge on any atom is -0.375 e. The first kappa shape index (κ1) is 19.0. The van der Waals surface area contributed by atoms with Gasteiger partial charge in [-0.3, -0.25) is 0 Å². The van der Waals surface area contributed by atoms with E-state index in [2.05, 4.69) is 30.2 Å². The first-order valence-corrected chi connectivity index (χ1v) is 9.62. The van der Waals surface area contributed by atoms with Crippen LogP contribution < -0.4 is 10.2 Å². The quantitative estimate of drug-likeness (QED) is 0.897. The normalized spacial score (nSPS) is 19.6. The van der Waals surface area contributed by atoms with Crippen molar-refractivity contribution in [2.75, 3.05) is 45.2 Å². The SMILES string of the molecule is CN(C)c1ccc(C(C)(C)CNC(=O)N2CCC3(CCCO3)CC2)cn1. The number of ether oxygens (including phenoxy) is 1. The second-order valence-corrected chi connectivity index (χ2v) is 8.46. The van der Waals surface area contributed by atoms with Gasteiger partial charge in [0.2, 0.25) is 0 Å². The third kappa shape index (κ3) is 4.11. The summed E-state index contributed by atoms with van der Waals surface area (Å²) in [6.07, 6.45) is 6.12. The number of carbonyl (C=O) groups excluding carboxylic acids is 1. The van der Waals surface area contributed by atoms with Gasteiger partial charge in [-0.05, 0) is 37.3 Å². The van der Waals surface area contributed by atoms with Gasteiger partial charge in [-0.25, -0.2) is 9.78 Å². The van der Waals surface area contributed by atoms with E-state index in [1.54, 1.807) is 0 Å². The summed E-state index contributed by atoms with van der Waals surface area (Å²) in [5.41, 5.74) is 1.01. The van der Waals surface area contributed by atoms with Crippen molar-refractivity contribution in [3.63, 3.8) is 0 Å². The number of nitrogens with one attached hydrogen (secondary N) is 1. The Morgan fingerprint density at radius 3 is 2.58 bits per heavy atom. The van der Waals surface area contributed by atoms with Gasteiger partial charge in [-0.2, -0.15) is 0 Å². The summed E-state index contributed by atoms with van der Waals surface area (Å²) >= 11 is 0. The van der Waals surface area contributed by atoms with Crippen LogP contribution in [0.25, 0.3) is 0 Å². The van der Waals surface area contributed by atoms with Crippen molar-refractivity contribution in [1.29, 1.82) is 0 Å². The first-order valence-electron chi connectivity index (χ1n) is 9.62. The maximum atomic E-state index is 12.6. The van der Waals surface area contributed by atoms with Gasteiger partial charge in [0, 0.05) is 51.9 Å². The van der Waals surface area contributed by atoms with Crippen LogP contribution in [0.2, 0.25) is 0 Å². The van der Waals surface area contributed by atoms with Crippen molar-refractivity contribution in [1.82, 2.24) is 15.2 Å². The smallest absolute Gasteiger partial charge is 0.317 e. The second-order valence-electron chi connectivity index (χ2n) is 8.46. The Bertz CT molecular complexity index is 611. The summed E-state index contributed by atoms with van der Waals surface area (Å²) in [5.74, 6) is 0.935. The van der Waals surface area contributed by atoms with E-state index in [0.717, 1.165) is 56.8 Å². The Hall–Kier alpha value is -1.82. The van der Waals surface area contributed by atoms with Crippen molar-refractivity contribution >= 4 is 11.8 Å². The molecule has 2 aliphatic heterocycles. The molecule has 2 amide bonds. The molecule has 0 unspecified atom stereocenters. The van der Waals surface area contributed by atoms with Crippen molar-refractivity contribution in [3.05, 3.63) is 23.9 Å². The molecule has 2 saturated heterocycles. The predicted octanol–water partition coefficient (Wildman–Crippen LogP) is 2.78. The molecule has 0 bridgehead atoms. The summed E-state index contributed by atoms with van der Waals surface area (Å²) < 4.78 is 5.94. The average Bonchev–Trinajstić information content (AvgIpc) is 3.08. The van der Waals surface area contributed by atoms with Gasteiger partial charge in [0.1, 0.15) is 5.82 Å². The lowest BCUT2D eigenvalue weighted by atomic mass is 9.85. The standard InChI is InChI=1S/C20H32N4O2/c1-19(2,16-6-7-17(21-14-16)23(3)4)15-22-18(25)24-11-9-20(10-12-24)8-5-13-26-20/h6-7,14H,5,8-13,15H2,1-4H3,(H,22,25). The number of piperidine rings is 1. The van der Waals surface area contributed by atoms with Gasteiger partial charge in [0.15, 0.2) is 0 Å². The molecule has 1 spiro atoms. The maximum Gasteiger partial charge on any atom is 0.317 e. The van der Waals surface area contributed by atoms with Gasteiger partial charge < -0.3 is 19.9 Å². The van der Waals surface area contributed by atoms with Crippen LogP contribution >= 0.6 is 0 Å². The number of hydrogen-bond acceptors (Lipinski definition) is 4. The third-order valence-corrected chi connectivity index (χ3v) is 5.82. The Kier molecular flexibility index (Phi) is 5.42. The van der Waals surface area contributed by atoms with Gasteiger partial charge in [-0.15, -0.1) is 0 Å². The van der Waals surface area contributed by atoms with Crippen LogP contribution in [0.4, 0.5) is 10.6 Å². The molecule has 6 heteroatoms. The number of pyridine rings is 1. The Morgan fingerprint density at radius 2 is 2.04 bits per heavy atom. The second kappa shape index (κ2) is 7.43. The summed E-state index contributed by atoms with van der Waals surface area (Å²) in [5, 5.41) is 3.12. The molecule has 1 aromatic rings. The van der Waals surface area contributed by atoms with Gasteiger partial charge in [-0.1, -0.05) is 19.9 Å². The van der Waals surface area contributed by atoms with Crippen LogP contribution in [0.5, 0.6) is 0 Å². The molecule has 3 rings (SSSR count). The number of likely N-dealkylation sites (tertiary alicyclic amines) is 1. The number of urea groups is 1. The van der Waals surface area contributed by atoms with Crippen molar-refractivity contribution < 1.29 is 9.53 Å². The number of hydrogen-bond donors (Lipinski definition) is 1. The molecule has 0 saturated carbocycles. The molecular formula is C20H32N4O2. The van der Waals surface area contributed by atoms with E-state index in [4.69, 9.17) is 4.74 Å². The van der Waals surface area contributed by atoms with E-state index in [9.17, 15) is 4.79 Å². The lowest BCUT2D eigenvalue weighted by Gasteiger charge is -2.39. The van der Waals surface area contributed by atoms with Crippen molar-refractivity contribution in [3.8, 4) is 0 Å². The number of nitrogens with zero attached hydrogens (tertiary/aromatic N) is 3. The van der Waals surface area contributed by atoms with E-state index in [1.165, 1.54) is 0 Å². The topological polar surface area (TPSA) is 57.7 Å². The Labute approximate surface area is 156 Å². The highest BCUT2D eigenvalue weighted by molar-refractivity contribution is 5.74. The van der Waals surface area contributed by atoms with Crippen molar-refractivity contribution in [2.45, 2.75) is 50.5 Å². The van der Waals surface area contributed by atoms with Crippen LogP contribution in [-0.2, 0) is 10.2 Å².